The van der Waals surface area contributed by atoms with E-state index in [-0.39, 0.29) is 5.91 Å². The van der Waals surface area contributed by atoms with E-state index in [2.05, 4.69) is 53.6 Å². The molecule has 3 aromatic carbocycles. The van der Waals surface area contributed by atoms with Gasteiger partial charge in [0.2, 0.25) is 0 Å². The smallest absolute Gasteiger partial charge is 0.269 e. The first-order valence-corrected chi connectivity index (χ1v) is 11.8. The zero-order valence-corrected chi connectivity index (χ0v) is 19.8. The molecule has 1 aromatic heterocycles. The number of nitrogens with zero attached hydrogens (tertiary/aromatic N) is 2. The fourth-order valence-corrected chi connectivity index (χ4v) is 4.04. The average Bonchev–Trinajstić information content (AvgIpc) is 3.38. The summed E-state index contributed by atoms with van der Waals surface area (Å²) < 4.78 is 7.20. The summed E-state index contributed by atoms with van der Waals surface area (Å²) >= 11 is 0. The molecule has 4 rings (SSSR count). The number of hydrogen-bond donors (Lipinski definition) is 1. The van der Waals surface area contributed by atoms with Crippen molar-refractivity contribution in [2.75, 3.05) is 13.7 Å². The Labute approximate surface area is 201 Å². The van der Waals surface area contributed by atoms with Crippen molar-refractivity contribution in [1.29, 1.82) is 0 Å². The molecule has 0 aliphatic heterocycles. The summed E-state index contributed by atoms with van der Waals surface area (Å²) in [4.78, 5) is 17.0. The van der Waals surface area contributed by atoms with Crippen LogP contribution in [0.5, 0.6) is 5.75 Å². The highest BCUT2D eigenvalue weighted by Crippen LogP contribution is 2.23. The molecule has 0 fully saturated rings. The van der Waals surface area contributed by atoms with Crippen LogP contribution in [0.3, 0.4) is 0 Å². The lowest BCUT2D eigenvalue weighted by molar-refractivity contribution is 0.0947. The number of unbranched alkanes of at least 4 members (excludes halogenated alkanes) is 1. The van der Waals surface area contributed by atoms with Crippen LogP contribution in [0, 0.1) is 0 Å². The van der Waals surface area contributed by atoms with Crippen LogP contribution >= 0.6 is 0 Å². The molecule has 1 heterocycles. The molecule has 4 aromatic rings. The van der Waals surface area contributed by atoms with Gasteiger partial charge in [0.15, 0.2) is 0 Å². The van der Waals surface area contributed by atoms with Crippen LogP contribution in [0.15, 0.2) is 85.3 Å². The summed E-state index contributed by atoms with van der Waals surface area (Å²) in [6.07, 6.45) is 7.51. The Kier molecular flexibility index (Phi) is 7.76. The molecule has 5 nitrogen and oxygen atoms in total. The largest absolute Gasteiger partial charge is 0.496 e. The number of rotatable bonds is 10. The van der Waals surface area contributed by atoms with Crippen molar-refractivity contribution in [2.45, 2.75) is 32.6 Å². The maximum atomic E-state index is 12.8. The van der Waals surface area contributed by atoms with Crippen molar-refractivity contribution in [3.05, 3.63) is 102 Å². The first kappa shape index (κ1) is 23.3. The molecule has 0 bridgehead atoms. The van der Waals surface area contributed by atoms with Crippen molar-refractivity contribution in [3.63, 3.8) is 0 Å². The number of carbonyl (C=O) groups is 1. The maximum absolute atomic E-state index is 12.8. The highest BCUT2D eigenvalue weighted by Gasteiger charge is 2.13. The van der Waals surface area contributed by atoms with Gasteiger partial charge in [-0.25, -0.2) is 4.98 Å². The van der Waals surface area contributed by atoms with Gasteiger partial charge >= 0.3 is 0 Å². The van der Waals surface area contributed by atoms with E-state index in [1.165, 1.54) is 24.0 Å². The molecule has 0 aliphatic rings. The Morgan fingerprint density at radius 3 is 2.35 bits per heavy atom. The fourth-order valence-electron chi connectivity index (χ4n) is 4.04. The number of imidazole rings is 1. The number of carbonyl (C=O) groups excluding carboxylic acids is 1. The minimum Gasteiger partial charge on any atom is -0.496 e. The standard InChI is InChI=1S/C29H31N3O2/c1-3-4-7-22-10-12-23(13-11-22)24-14-16-26(17-15-24)32-21-30-20-27(32)29(33)31-19-18-25-8-5-6-9-28(25)34-2/h5-6,8-17,20-21H,3-4,7,18-19H2,1-2H3,(H,31,33). The molecule has 174 valence electrons. The SMILES string of the molecule is CCCCc1ccc(-c2ccc(-n3cncc3C(=O)NCCc3ccccc3OC)cc2)cc1. The van der Waals surface area contributed by atoms with Gasteiger partial charge in [-0.3, -0.25) is 9.36 Å². The molecule has 0 aliphatic carbocycles. The zero-order valence-electron chi connectivity index (χ0n) is 19.8. The average molecular weight is 454 g/mol. The Balaban J connectivity index is 1.41. The van der Waals surface area contributed by atoms with E-state index in [1.54, 1.807) is 19.6 Å². The van der Waals surface area contributed by atoms with Gasteiger partial charge < -0.3 is 10.1 Å². The molecule has 0 saturated carbocycles. The van der Waals surface area contributed by atoms with Gasteiger partial charge in [0.1, 0.15) is 11.4 Å². The predicted molar refractivity (Wildman–Crippen MR) is 137 cm³/mol. The summed E-state index contributed by atoms with van der Waals surface area (Å²) in [5, 5.41) is 3.00. The van der Waals surface area contributed by atoms with Crippen LogP contribution in [0.1, 0.15) is 41.4 Å². The van der Waals surface area contributed by atoms with Gasteiger partial charge in [-0.1, -0.05) is 67.9 Å². The molecular weight excluding hydrogens is 422 g/mol. The van der Waals surface area contributed by atoms with Crippen molar-refractivity contribution in [1.82, 2.24) is 14.9 Å². The summed E-state index contributed by atoms with van der Waals surface area (Å²) in [5.74, 6) is 0.677. The molecule has 5 heteroatoms. The molecule has 1 amide bonds. The quantitative estimate of drug-likeness (QED) is 0.327. The second-order valence-electron chi connectivity index (χ2n) is 8.31. The number of nitrogens with one attached hydrogen (secondary N) is 1. The third-order valence-electron chi connectivity index (χ3n) is 6.00. The lowest BCUT2D eigenvalue weighted by atomic mass is 10.0. The van der Waals surface area contributed by atoms with Crippen molar-refractivity contribution in [3.8, 4) is 22.6 Å². The number of benzene rings is 3. The van der Waals surface area contributed by atoms with Crippen LogP contribution < -0.4 is 10.1 Å². The van der Waals surface area contributed by atoms with E-state index in [1.807, 2.05) is 41.0 Å². The number of amides is 1. The Hall–Kier alpha value is -3.86. The third-order valence-corrected chi connectivity index (χ3v) is 6.00. The Morgan fingerprint density at radius 1 is 0.941 bits per heavy atom. The van der Waals surface area contributed by atoms with Crippen molar-refractivity contribution in [2.24, 2.45) is 0 Å². The van der Waals surface area contributed by atoms with Gasteiger partial charge in [-0.15, -0.1) is 0 Å². The number of para-hydroxylation sites is 1. The molecule has 0 atom stereocenters. The summed E-state index contributed by atoms with van der Waals surface area (Å²) in [7, 11) is 1.66. The van der Waals surface area contributed by atoms with Crippen LogP contribution in [0.4, 0.5) is 0 Å². The maximum Gasteiger partial charge on any atom is 0.269 e. The van der Waals surface area contributed by atoms with Gasteiger partial charge in [-0.2, -0.15) is 0 Å². The minimum atomic E-state index is -0.154. The normalized spacial score (nSPS) is 10.8. The van der Waals surface area contributed by atoms with Gasteiger partial charge in [0.25, 0.3) is 5.91 Å². The molecule has 0 radical (unpaired) electrons. The number of hydrogen-bond acceptors (Lipinski definition) is 3. The summed E-state index contributed by atoms with van der Waals surface area (Å²) in [6.45, 7) is 2.73. The molecule has 1 N–H and O–H groups in total. The lowest BCUT2D eigenvalue weighted by Gasteiger charge is -2.11. The molecule has 34 heavy (non-hydrogen) atoms. The zero-order chi connectivity index (χ0) is 23.8. The molecular formula is C29H31N3O2. The third kappa shape index (κ3) is 5.54. The first-order chi connectivity index (χ1) is 16.7. The summed E-state index contributed by atoms with van der Waals surface area (Å²) in [5.41, 5.74) is 6.18. The topological polar surface area (TPSA) is 56.2 Å². The second-order valence-corrected chi connectivity index (χ2v) is 8.31. The van der Waals surface area contributed by atoms with Crippen LogP contribution in [-0.2, 0) is 12.8 Å². The van der Waals surface area contributed by atoms with Gasteiger partial charge in [0, 0.05) is 12.2 Å². The monoisotopic (exact) mass is 453 g/mol. The van der Waals surface area contributed by atoms with Gasteiger partial charge in [-0.05, 0) is 59.7 Å². The van der Waals surface area contributed by atoms with E-state index in [4.69, 9.17) is 4.74 Å². The highest BCUT2D eigenvalue weighted by atomic mass is 16.5. The van der Waals surface area contributed by atoms with E-state index in [0.717, 1.165) is 29.0 Å². The van der Waals surface area contributed by atoms with E-state index >= 15 is 0 Å². The van der Waals surface area contributed by atoms with Crippen LogP contribution in [0.25, 0.3) is 16.8 Å². The Bertz CT molecular complexity index is 1210. The molecule has 0 spiro atoms. The highest BCUT2D eigenvalue weighted by molar-refractivity contribution is 5.93. The van der Waals surface area contributed by atoms with Crippen molar-refractivity contribution < 1.29 is 9.53 Å². The second kappa shape index (κ2) is 11.3. The summed E-state index contributed by atoms with van der Waals surface area (Å²) in [6, 6.07) is 24.8. The number of aromatic nitrogens is 2. The lowest BCUT2D eigenvalue weighted by Crippen LogP contribution is -2.27. The molecule has 0 unspecified atom stereocenters. The number of methoxy groups -OCH3 is 1. The Morgan fingerprint density at radius 2 is 1.65 bits per heavy atom. The first-order valence-electron chi connectivity index (χ1n) is 11.8. The van der Waals surface area contributed by atoms with E-state index in [0.29, 0.717) is 18.7 Å². The predicted octanol–water partition coefficient (Wildman–Crippen LogP) is 5.86. The molecule has 0 saturated heterocycles. The van der Waals surface area contributed by atoms with Gasteiger partial charge in [0.05, 0.1) is 19.6 Å². The van der Waals surface area contributed by atoms with Crippen LogP contribution in [-0.4, -0.2) is 29.1 Å². The fraction of sp³-hybridized carbons (Fsp3) is 0.241. The number of aryl methyl sites for hydroxylation is 1. The minimum absolute atomic E-state index is 0.154. The van der Waals surface area contributed by atoms with Crippen molar-refractivity contribution >= 4 is 5.91 Å². The van der Waals surface area contributed by atoms with E-state index < -0.39 is 0 Å². The number of ether oxygens (including phenoxy) is 1. The van der Waals surface area contributed by atoms with Crippen LogP contribution in [0.2, 0.25) is 0 Å². The van der Waals surface area contributed by atoms with E-state index in [9.17, 15) is 4.79 Å².